The minimum absolute atomic E-state index is 0.235. The van der Waals surface area contributed by atoms with E-state index in [1.807, 2.05) is 0 Å². The van der Waals surface area contributed by atoms with Gasteiger partial charge in [0.25, 0.3) is 0 Å². The quantitative estimate of drug-likeness (QED) is 0.855. The van der Waals surface area contributed by atoms with E-state index >= 15 is 0 Å². The molecule has 2 N–H and O–H groups in total. The number of benzene rings is 1. The van der Waals surface area contributed by atoms with E-state index in [1.165, 1.54) is 11.1 Å². The van der Waals surface area contributed by atoms with Gasteiger partial charge < -0.3 is 19.7 Å². The molecule has 23 heavy (non-hydrogen) atoms. The number of hydrogen-bond acceptors (Lipinski definition) is 5. The van der Waals surface area contributed by atoms with Gasteiger partial charge in [-0.3, -0.25) is 4.90 Å². The van der Waals surface area contributed by atoms with Crippen LogP contribution in [0.25, 0.3) is 0 Å². The molecule has 3 aliphatic heterocycles. The summed E-state index contributed by atoms with van der Waals surface area (Å²) in [5.41, 5.74) is 2.43. The van der Waals surface area contributed by atoms with Crippen molar-refractivity contribution in [3.63, 3.8) is 0 Å². The third-order valence-corrected chi connectivity index (χ3v) is 5.51. The van der Waals surface area contributed by atoms with Gasteiger partial charge in [-0.1, -0.05) is 12.1 Å². The van der Waals surface area contributed by atoms with Crippen LogP contribution in [0.4, 0.5) is 0 Å². The highest BCUT2D eigenvalue weighted by Gasteiger charge is 2.42. The first-order valence-electron chi connectivity index (χ1n) is 8.61. The van der Waals surface area contributed by atoms with Gasteiger partial charge in [0.05, 0.1) is 24.9 Å². The molecular formula is C18H25NO4. The van der Waals surface area contributed by atoms with Crippen LogP contribution in [0.15, 0.2) is 18.2 Å². The topological polar surface area (TPSA) is 62.2 Å². The molecule has 1 spiro atoms. The smallest absolute Gasteiger partial charge is 0.122 e. The monoisotopic (exact) mass is 319 g/mol. The van der Waals surface area contributed by atoms with Crippen LogP contribution in [0.5, 0.6) is 5.75 Å². The summed E-state index contributed by atoms with van der Waals surface area (Å²) in [6, 6.07) is 6.51. The van der Waals surface area contributed by atoms with Crippen LogP contribution in [0.1, 0.15) is 30.4 Å². The molecule has 0 aliphatic carbocycles. The lowest BCUT2D eigenvalue weighted by atomic mass is 9.82. The van der Waals surface area contributed by atoms with Gasteiger partial charge in [-0.25, -0.2) is 0 Å². The largest absolute Gasteiger partial charge is 0.493 e. The molecule has 5 heteroatoms. The van der Waals surface area contributed by atoms with E-state index in [-0.39, 0.29) is 12.2 Å². The van der Waals surface area contributed by atoms with Crippen LogP contribution in [0.2, 0.25) is 0 Å². The lowest BCUT2D eigenvalue weighted by molar-refractivity contribution is -0.188. The molecule has 2 fully saturated rings. The maximum Gasteiger partial charge on any atom is 0.122 e. The lowest BCUT2D eigenvalue weighted by Gasteiger charge is -2.46. The summed E-state index contributed by atoms with van der Waals surface area (Å²) in [6.45, 7) is 3.95. The predicted molar refractivity (Wildman–Crippen MR) is 85.5 cm³/mol. The van der Waals surface area contributed by atoms with Gasteiger partial charge in [0, 0.05) is 32.5 Å². The first kappa shape index (κ1) is 15.4. The van der Waals surface area contributed by atoms with Crippen LogP contribution in [-0.2, 0) is 17.7 Å². The van der Waals surface area contributed by atoms with E-state index in [2.05, 4.69) is 23.1 Å². The Bertz CT molecular complexity index is 568. The van der Waals surface area contributed by atoms with Crippen LogP contribution in [0.3, 0.4) is 0 Å². The maximum atomic E-state index is 9.93. The third kappa shape index (κ3) is 3.11. The number of aliphatic hydroxyl groups excluding tert-OH is 2. The third-order valence-electron chi connectivity index (χ3n) is 5.51. The van der Waals surface area contributed by atoms with Gasteiger partial charge in [-0.2, -0.15) is 0 Å². The van der Waals surface area contributed by atoms with E-state index in [4.69, 9.17) is 9.47 Å². The number of aliphatic hydroxyl groups is 2. The van der Waals surface area contributed by atoms with E-state index < -0.39 is 12.2 Å². The van der Waals surface area contributed by atoms with E-state index in [9.17, 15) is 10.2 Å². The second-order valence-corrected chi connectivity index (χ2v) is 7.15. The Balaban J connectivity index is 1.35. The van der Waals surface area contributed by atoms with Crippen molar-refractivity contribution in [2.45, 2.75) is 50.0 Å². The molecule has 3 heterocycles. The van der Waals surface area contributed by atoms with Crippen molar-refractivity contribution >= 4 is 0 Å². The summed E-state index contributed by atoms with van der Waals surface area (Å²) in [7, 11) is 0. The van der Waals surface area contributed by atoms with Gasteiger partial charge in [0.15, 0.2) is 0 Å². The predicted octanol–water partition coefficient (Wildman–Crippen LogP) is 1.10. The number of nitrogens with zero attached hydrogens (tertiary/aromatic N) is 1. The SMILES string of the molecule is O[C@@H]1CC2(CCN(Cc3ccc4c(c3)CCO4)CC2)OC[C@@H]1O. The molecule has 3 aliphatic rings. The minimum atomic E-state index is -0.729. The summed E-state index contributed by atoms with van der Waals surface area (Å²) in [5.74, 6) is 1.04. The summed E-state index contributed by atoms with van der Waals surface area (Å²) in [5, 5.41) is 19.6. The molecule has 0 radical (unpaired) electrons. The number of fused-ring (bicyclic) bond motifs is 1. The second kappa shape index (κ2) is 6.06. The molecule has 5 nitrogen and oxygen atoms in total. The Morgan fingerprint density at radius 3 is 2.78 bits per heavy atom. The van der Waals surface area contributed by atoms with Crippen molar-refractivity contribution in [1.29, 1.82) is 0 Å². The summed E-state index contributed by atoms with van der Waals surface area (Å²) in [4.78, 5) is 2.45. The molecule has 126 valence electrons. The fourth-order valence-corrected chi connectivity index (χ4v) is 4.01. The van der Waals surface area contributed by atoms with Crippen LogP contribution in [0, 0.1) is 0 Å². The number of piperidine rings is 1. The highest BCUT2D eigenvalue weighted by Crippen LogP contribution is 2.35. The zero-order valence-electron chi connectivity index (χ0n) is 13.4. The normalized spacial score (nSPS) is 30.2. The van der Waals surface area contributed by atoms with Crippen LogP contribution < -0.4 is 4.74 Å². The zero-order valence-corrected chi connectivity index (χ0v) is 13.4. The van der Waals surface area contributed by atoms with Crippen molar-refractivity contribution in [2.24, 2.45) is 0 Å². The first-order chi connectivity index (χ1) is 11.1. The standard InChI is InChI=1S/C18H25NO4/c20-15-10-18(23-12-16(15)21)4-6-19(7-5-18)11-13-1-2-17-14(9-13)3-8-22-17/h1-2,9,15-16,20-21H,3-8,10-12H2/t15-,16+/m1/s1. The Morgan fingerprint density at radius 2 is 2.00 bits per heavy atom. The van der Waals surface area contributed by atoms with Crippen molar-refractivity contribution in [3.8, 4) is 5.75 Å². The molecular weight excluding hydrogens is 294 g/mol. The van der Waals surface area contributed by atoms with Crippen LogP contribution in [-0.4, -0.2) is 59.2 Å². The summed E-state index contributed by atoms with van der Waals surface area (Å²) >= 11 is 0. The highest BCUT2D eigenvalue weighted by atomic mass is 16.5. The lowest BCUT2D eigenvalue weighted by Crippen LogP contribution is -2.54. The molecule has 0 unspecified atom stereocenters. The van der Waals surface area contributed by atoms with Crippen molar-refractivity contribution in [1.82, 2.24) is 4.90 Å². The van der Waals surface area contributed by atoms with Gasteiger partial charge in [-0.15, -0.1) is 0 Å². The fraction of sp³-hybridized carbons (Fsp3) is 0.667. The highest BCUT2D eigenvalue weighted by molar-refractivity contribution is 5.39. The Hall–Kier alpha value is -1.14. The molecule has 1 aromatic carbocycles. The summed E-state index contributed by atoms with van der Waals surface area (Å²) in [6.07, 6.45) is 2.04. The number of ether oxygens (including phenoxy) is 2. The van der Waals surface area contributed by atoms with Gasteiger partial charge in [-0.05, 0) is 30.0 Å². The Labute approximate surface area is 136 Å². The molecule has 2 atom stereocenters. The average molecular weight is 319 g/mol. The van der Waals surface area contributed by atoms with Gasteiger partial charge >= 0.3 is 0 Å². The molecule has 4 rings (SSSR count). The molecule has 0 saturated carbocycles. The zero-order chi connectivity index (χ0) is 15.9. The molecule has 0 aromatic heterocycles. The van der Waals surface area contributed by atoms with E-state index in [0.29, 0.717) is 6.42 Å². The molecule has 1 aromatic rings. The Kier molecular flexibility index (Phi) is 4.05. The van der Waals surface area contributed by atoms with Crippen molar-refractivity contribution in [2.75, 3.05) is 26.3 Å². The molecule has 0 amide bonds. The Morgan fingerprint density at radius 1 is 1.17 bits per heavy atom. The van der Waals surface area contributed by atoms with E-state index in [1.54, 1.807) is 0 Å². The van der Waals surface area contributed by atoms with Crippen LogP contribution >= 0.6 is 0 Å². The molecule has 2 saturated heterocycles. The molecule has 0 bridgehead atoms. The van der Waals surface area contributed by atoms with Gasteiger partial charge in [0.1, 0.15) is 11.9 Å². The minimum Gasteiger partial charge on any atom is -0.493 e. The van der Waals surface area contributed by atoms with Gasteiger partial charge in [0.2, 0.25) is 0 Å². The number of hydrogen-bond donors (Lipinski definition) is 2. The number of likely N-dealkylation sites (tertiary alicyclic amines) is 1. The van der Waals surface area contributed by atoms with Crippen molar-refractivity contribution < 1.29 is 19.7 Å². The number of rotatable bonds is 2. The van der Waals surface area contributed by atoms with Crippen molar-refractivity contribution in [3.05, 3.63) is 29.3 Å². The second-order valence-electron chi connectivity index (χ2n) is 7.15. The maximum absolute atomic E-state index is 9.93. The van der Waals surface area contributed by atoms with E-state index in [0.717, 1.165) is 51.3 Å². The first-order valence-corrected chi connectivity index (χ1v) is 8.61. The fourth-order valence-electron chi connectivity index (χ4n) is 4.01. The summed E-state index contributed by atoms with van der Waals surface area (Å²) < 4.78 is 11.5. The average Bonchev–Trinajstić information content (AvgIpc) is 3.02.